The number of benzene rings is 2. The Morgan fingerprint density at radius 2 is 1.75 bits per heavy atom. The largest absolute Gasteiger partial charge is 0.353 e. The minimum absolute atomic E-state index is 0.532. The zero-order valence-corrected chi connectivity index (χ0v) is 13.7. The summed E-state index contributed by atoms with van der Waals surface area (Å²) in [5, 5.41) is 14.6. The molecule has 0 atom stereocenters. The minimum Gasteiger partial charge on any atom is -0.353 e. The molecule has 0 bridgehead atoms. The second-order valence-electron chi connectivity index (χ2n) is 5.46. The number of nitrogens with one attached hydrogen (secondary N) is 2. The van der Waals surface area contributed by atoms with Gasteiger partial charge in [-0.3, -0.25) is 0 Å². The van der Waals surface area contributed by atoms with Crippen molar-refractivity contribution in [3.05, 3.63) is 71.9 Å². The van der Waals surface area contributed by atoms with Gasteiger partial charge in [-0.2, -0.15) is 10.1 Å². The minimum atomic E-state index is 0.532. The lowest BCUT2D eigenvalue weighted by Gasteiger charge is -2.10. The van der Waals surface area contributed by atoms with Crippen LogP contribution in [0.2, 0.25) is 0 Å². The van der Waals surface area contributed by atoms with E-state index in [4.69, 9.17) is 0 Å². The maximum Gasteiger partial charge on any atom is 0.244 e. The lowest BCUT2D eigenvalue weighted by Crippen LogP contribution is -2.09. The Balaban J connectivity index is 1.61. The number of rotatable bonds is 7. The SMILES string of the molecule is CCc1ccccc1Nc1cnnc(NCCc2ccccc2)n1. The van der Waals surface area contributed by atoms with Crippen molar-refractivity contribution in [1.29, 1.82) is 0 Å². The van der Waals surface area contributed by atoms with Crippen molar-refractivity contribution >= 4 is 17.5 Å². The summed E-state index contributed by atoms with van der Waals surface area (Å²) in [5.41, 5.74) is 3.58. The zero-order chi connectivity index (χ0) is 16.6. The fourth-order valence-electron chi connectivity index (χ4n) is 2.49. The summed E-state index contributed by atoms with van der Waals surface area (Å²) < 4.78 is 0. The Hall–Kier alpha value is -2.95. The van der Waals surface area contributed by atoms with E-state index < -0.39 is 0 Å². The normalized spacial score (nSPS) is 10.4. The summed E-state index contributed by atoms with van der Waals surface area (Å²) >= 11 is 0. The molecule has 0 aliphatic heterocycles. The summed E-state index contributed by atoms with van der Waals surface area (Å²) in [6.07, 6.45) is 3.51. The molecule has 3 rings (SSSR count). The Morgan fingerprint density at radius 1 is 0.958 bits per heavy atom. The first-order valence-electron chi connectivity index (χ1n) is 8.17. The molecule has 0 fully saturated rings. The number of para-hydroxylation sites is 1. The van der Waals surface area contributed by atoms with Crippen LogP contribution in [0.25, 0.3) is 0 Å². The molecule has 0 saturated carbocycles. The highest BCUT2D eigenvalue weighted by molar-refractivity contribution is 5.60. The second-order valence-corrected chi connectivity index (χ2v) is 5.46. The molecule has 1 heterocycles. The Kier molecular flexibility index (Phi) is 5.35. The van der Waals surface area contributed by atoms with Crippen molar-refractivity contribution in [2.24, 2.45) is 0 Å². The molecule has 0 amide bonds. The van der Waals surface area contributed by atoms with Gasteiger partial charge >= 0.3 is 0 Å². The average Bonchev–Trinajstić information content (AvgIpc) is 2.63. The number of anilines is 3. The van der Waals surface area contributed by atoms with Crippen LogP contribution in [0, 0.1) is 0 Å². The van der Waals surface area contributed by atoms with Gasteiger partial charge in [0.15, 0.2) is 5.82 Å². The van der Waals surface area contributed by atoms with E-state index in [0.29, 0.717) is 11.8 Å². The average molecular weight is 319 g/mol. The third-order valence-corrected chi connectivity index (χ3v) is 3.76. The smallest absolute Gasteiger partial charge is 0.244 e. The second kappa shape index (κ2) is 8.06. The van der Waals surface area contributed by atoms with E-state index in [0.717, 1.165) is 25.1 Å². The molecule has 5 nitrogen and oxygen atoms in total. The van der Waals surface area contributed by atoms with Gasteiger partial charge in [0, 0.05) is 12.2 Å². The van der Waals surface area contributed by atoms with E-state index in [1.165, 1.54) is 11.1 Å². The number of hydrogen-bond donors (Lipinski definition) is 2. The molecular formula is C19H21N5. The van der Waals surface area contributed by atoms with Gasteiger partial charge in [-0.1, -0.05) is 55.5 Å². The zero-order valence-electron chi connectivity index (χ0n) is 13.7. The monoisotopic (exact) mass is 319 g/mol. The quantitative estimate of drug-likeness (QED) is 0.693. The molecular weight excluding hydrogens is 298 g/mol. The topological polar surface area (TPSA) is 62.7 Å². The number of aromatic nitrogens is 3. The molecule has 3 aromatic rings. The highest BCUT2D eigenvalue weighted by Gasteiger charge is 2.04. The molecule has 5 heteroatoms. The van der Waals surface area contributed by atoms with Gasteiger partial charge in [0.2, 0.25) is 5.95 Å². The maximum atomic E-state index is 4.48. The number of nitrogens with zero attached hydrogens (tertiary/aromatic N) is 3. The molecule has 0 unspecified atom stereocenters. The third-order valence-electron chi connectivity index (χ3n) is 3.76. The van der Waals surface area contributed by atoms with Gasteiger partial charge in [0.25, 0.3) is 0 Å². The van der Waals surface area contributed by atoms with Gasteiger partial charge in [-0.15, -0.1) is 5.10 Å². The van der Waals surface area contributed by atoms with Gasteiger partial charge in [-0.25, -0.2) is 0 Å². The van der Waals surface area contributed by atoms with Crippen molar-refractivity contribution in [1.82, 2.24) is 15.2 Å². The molecule has 0 saturated heterocycles. The fraction of sp³-hybridized carbons (Fsp3) is 0.211. The van der Waals surface area contributed by atoms with E-state index in [1.807, 2.05) is 36.4 Å². The van der Waals surface area contributed by atoms with Crippen LogP contribution in [-0.4, -0.2) is 21.7 Å². The molecule has 0 aliphatic carbocycles. The van der Waals surface area contributed by atoms with Crippen LogP contribution in [0.5, 0.6) is 0 Å². The van der Waals surface area contributed by atoms with E-state index in [9.17, 15) is 0 Å². The summed E-state index contributed by atoms with van der Waals surface area (Å²) in [4.78, 5) is 4.48. The Morgan fingerprint density at radius 3 is 2.58 bits per heavy atom. The number of hydrogen-bond acceptors (Lipinski definition) is 5. The van der Waals surface area contributed by atoms with Crippen LogP contribution < -0.4 is 10.6 Å². The molecule has 0 spiro atoms. The van der Waals surface area contributed by atoms with Crippen molar-refractivity contribution in [3.8, 4) is 0 Å². The highest BCUT2D eigenvalue weighted by Crippen LogP contribution is 2.19. The van der Waals surface area contributed by atoms with E-state index in [-0.39, 0.29) is 0 Å². The third kappa shape index (κ3) is 4.29. The van der Waals surface area contributed by atoms with Crippen LogP contribution in [0.3, 0.4) is 0 Å². The van der Waals surface area contributed by atoms with Crippen LogP contribution >= 0.6 is 0 Å². The molecule has 2 N–H and O–H groups in total. The summed E-state index contributed by atoms with van der Waals surface area (Å²) in [5.74, 6) is 1.22. The predicted octanol–water partition coefficient (Wildman–Crippen LogP) is 3.83. The standard InChI is InChI=1S/C19H21N5/c1-2-16-10-6-7-11-17(16)22-18-14-21-24-19(23-18)20-13-12-15-8-4-3-5-9-15/h3-11,14H,2,12-13H2,1H3,(H2,20,22,23,24). The van der Waals surface area contributed by atoms with Crippen molar-refractivity contribution in [3.63, 3.8) is 0 Å². The number of aryl methyl sites for hydroxylation is 1. The van der Waals surface area contributed by atoms with Crippen LogP contribution in [-0.2, 0) is 12.8 Å². The van der Waals surface area contributed by atoms with Gasteiger partial charge in [0.1, 0.15) is 0 Å². The summed E-state index contributed by atoms with van der Waals surface area (Å²) in [6, 6.07) is 18.5. The van der Waals surface area contributed by atoms with Gasteiger partial charge in [-0.05, 0) is 30.0 Å². The molecule has 0 aliphatic rings. The van der Waals surface area contributed by atoms with Crippen molar-refractivity contribution in [2.75, 3.05) is 17.2 Å². The summed E-state index contributed by atoms with van der Waals surface area (Å²) in [7, 11) is 0. The molecule has 2 aromatic carbocycles. The molecule has 122 valence electrons. The Bertz CT molecular complexity index is 773. The maximum absolute atomic E-state index is 4.48. The Labute approximate surface area is 142 Å². The highest BCUT2D eigenvalue weighted by atomic mass is 15.3. The first-order valence-corrected chi connectivity index (χ1v) is 8.17. The van der Waals surface area contributed by atoms with E-state index >= 15 is 0 Å². The molecule has 0 radical (unpaired) electrons. The van der Waals surface area contributed by atoms with Crippen molar-refractivity contribution < 1.29 is 0 Å². The van der Waals surface area contributed by atoms with Crippen molar-refractivity contribution in [2.45, 2.75) is 19.8 Å². The van der Waals surface area contributed by atoms with Gasteiger partial charge in [0.05, 0.1) is 6.20 Å². The lowest BCUT2D eigenvalue weighted by atomic mass is 10.1. The molecule has 24 heavy (non-hydrogen) atoms. The lowest BCUT2D eigenvalue weighted by molar-refractivity contribution is 0.928. The first-order chi connectivity index (χ1) is 11.8. The van der Waals surface area contributed by atoms with Crippen LogP contribution in [0.15, 0.2) is 60.8 Å². The van der Waals surface area contributed by atoms with E-state index in [2.05, 4.69) is 50.9 Å². The van der Waals surface area contributed by atoms with Crippen LogP contribution in [0.1, 0.15) is 18.1 Å². The molecule has 1 aromatic heterocycles. The van der Waals surface area contributed by atoms with Crippen LogP contribution in [0.4, 0.5) is 17.5 Å². The summed E-state index contributed by atoms with van der Waals surface area (Å²) in [6.45, 7) is 2.90. The fourth-order valence-corrected chi connectivity index (χ4v) is 2.49. The van der Waals surface area contributed by atoms with E-state index in [1.54, 1.807) is 6.20 Å². The predicted molar refractivity (Wildman–Crippen MR) is 97.6 cm³/mol. The van der Waals surface area contributed by atoms with Gasteiger partial charge < -0.3 is 10.6 Å². The first kappa shape index (κ1) is 15.9.